The van der Waals surface area contributed by atoms with Gasteiger partial charge in [-0.3, -0.25) is 0 Å². The van der Waals surface area contributed by atoms with Gasteiger partial charge in [-0.1, -0.05) is 0 Å². The molecule has 2 aliphatic rings. The van der Waals surface area contributed by atoms with E-state index >= 15 is 0 Å². The Morgan fingerprint density at radius 3 is 2.50 bits per heavy atom. The molecule has 1 spiro atoms. The van der Waals surface area contributed by atoms with Crippen molar-refractivity contribution < 1.29 is 22.7 Å². The van der Waals surface area contributed by atoms with Gasteiger partial charge in [0.25, 0.3) is 0 Å². The Kier molecular flexibility index (Phi) is 4.61. The van der Waals surface area contributed by atoms with Crippen molar-refractivity contribution in [3.8, 4) is 0 Å². The highest BCUT2D eigenvalue weighted by Gasteiger charge is 2.50. The molecular formula is C16H20BrF3N4O2. The van der Waals surface area contributed by atoms with Crippen molar-refractivity contribution in [2.45, 2.75) is 39.0 Å². The molecule has 1 aromatic heterocycles. The van der Waals surface area contributed by atoms with Gasteiger partial charge in [-0.2, -0.15) is 13.2 Å². The molecule has 3 rings (SSSR count). The lowest BCUT2D eigenvalue weighted by Crippen LogP contribution is -2.58. The van der Waals surface area contributed by atoms with Crippen LogP contribution < -0.4 is 4.90 Å². The summed E-state index contributed by atoms with van der Waals surface area (Å²) in [7, 11) is 0. The third-order valence-electron chi connectivity index (χ3n) is 4.42. The Balaban J connectivity index is 1.65. The van der Waals surface area contributed by atoms with Crippen LogP contribution in [0, 0.1) is 5.41 Å². The summed E-state index contributed by atoms with van der Waals surface area (Å²) < 4.78 is 44.3. The summed E-state index contributed by atoms with van der Waals surface area (Å²) in [5.74, 6) is -0.924. The zero-order chi connectivity index (χ0) is 19.3. The van der Waals surface area contributed by atoms with E-state index in [4.69, 9.17) is 4.74 Å². The first-order valence-corrected chi connectivity index (χ1v) is 9.01. The van der Waals surface area contributed by atoms with Gasteiger partial charge in [0.2, 0.25) is 5.82 Å². The molecule has 1 aromatic rings. The van der Waals surface area contributed by atoms with Gasteiger partial charge in [-0.15, -0.1) is 0 Å². The fraction of sp³-hybridized carbons (Fsp3) is 0.688. The molecule has 3 heterocycles. The molecular weight excluding hydrogens is 417 g/mol. The second-order valence-electron chi connectivity index (χ2n) is 7.87. The van der Waals surface area contributed by atoms with E-state index in [-0.39, 0.29) is 17.3 Å². The molecule has 144 valence electrons. The third kappa shape index (κ3) is 3.89. The van der Waals surface area contributed by atoms with Crippen molar-refractivity contribution in [2.75, 3.05) is 31.1 Å². The molecule has 2 aliphatic heterocycles. The quantitative estimate of drug-likeness (QED) is 0.671. The molecule has 0 saturated carbocycles. The lowest BCUT2D eigenvalue weighted by Gasteiger charge is -2.48. The Hall–Kier alpha value is -1.58. The predicted molar refractivity (Wildman–Crippen MR) is 91.8 cm³/mol. The SMILES string of the molecule is CC(C)(C)OC(=O)N1CCC2(C1)CN(c1nc(C(F)(F)F)ncc1Br)C2. The number of anilines is 1. The van der Waals surface area contributed by atoms with Gasteiger partial charge in [0.05, 0.1) is 4.47 Å². The van der Waals surface area contributed by atoms with E-state index in [0.717, 1.165) is 12.6 Å². The summed E-state index contributed by atoms with van der Waals surface area (Å²) in [4.78, 5) is 22.6. The second-order valence-corrected chi connectivity index (χ2v) is 8.73. The number of ether oxygens (including phenoxy) is 1. The normalized spacial score (nSPS) is 19.7. The Labute approximate surface area is 157 Å². The molecule has 0 radical (unpaired) electrons. The van der Waals surface area contributed by atoms with Crippen LogP contribution in [-0.4, -0.2) is 52.7 Å². The highest BCUT2D eigenvalue weighted by atomic mass is 79.9. The molecule has 1 amide bonds. The van der Waals surface area contributed by atoms with Gasteiger partial charge in [0, 0.05) is 37.8 Å². The lowest BCUT2D eigenvalue weighted by atomic mass is 9.79. The average molecular weight is 437 g/mol. The summed E-state index contributed by atoms with van der Waals surface area (Å²) in [6, 6.07) is 0. The minimum Gasteiger partial charge on any atom is -0.444 e. The van der Waals surface area contributed by atoms with Gasteiger partial charge in [-0.05, 0) is 43.1 Å². The molecule has 0 atom stereocenters. The maximum Gasteiger partial charge on any atom is 0.451 e. The van der Waals surface area contributed by atoms with Crippen LogP contribution in [0.5, 0.6) is 0 Å². The van der Waals surface area contributed by atoms with E-state index < -0.39 is 17.6 Å². The number of amides is 1. The Morgan fingerprint density at radius 1 is 1.27 bits per heavy atom. The fourth-order valence-corrected chi connectivity index (χ4v) is 3.75. The first-order chi connectivity index (χ1) is 11.9. The zero-order valence-electron chi connectivity index (χ0n) is 14.7. The summed E-state index contributed by atoms with van der Waals surface area (Å²) in [5, 5.41) is 0. The Bertz CT molecular complexity index is 714. The number of hydrogen-bond acceptors (Lipinski definition) is 5. The van der Waals surface area contributed by atoms with E-state index in [1.54, 1.807) is 9.80 Å². The van der Waals surface area contributed by atoms with Gasteiger partial charge >= 0.3 is 12.3 Å². The Morgan fingerprint density at radius 2 is 1.92 bits per heavy atom. The van der Waals surface area contributed by atoms with Crippen LogP contribution in [-0.2, 0) is 10.9 Å². The molecule has 26 heavy (non-hydrogen) atoms. The van der Waals surface area contributed by atoms with Crippen LogP contribution in [0.15, 0.2) is 10.7 Å². The number of alkyl halides is 3. The standard InChI is InChI=1S/C16H20BrF3N4O2/c1-14(2,3)26-13(25)23-5-4-15(7-23)8-24(9-15)11-10(17)6-21-12(22-11)16(18,19)20/h6H,4-5,7-9H2,1-3H3. The summed E-state index contributed by atoms with van der Waals surface area (Å²) >= 11 is 3.22. The van der Waals surface area contributed by atoms with Crippen molar-refractivity contribution >= 4 is 27.8 Å². The second kappa shape index (κ2) is 6.24. The third-order valence-corrected chi connectivity index (χ3v) is 4.98. The first-order valence-electron chi connectivity index (χ1n) is 8.21. The van der Waals surface area contributed by atoms with Crippen molar-refractivity contribution in [1.29, 1.82) is 0 Å². The van der Waals surface area contributed by atoms with E-state index in [2.05, 4.69) is 25.9 Å². The molecule has 0 N–H and O–H groups in total. The van der Waals surface area contributed by atoms with Gasteiger partial charge < -0.3 is 14.5 Å². The number of nitrogens with zero attached hydrogens (tertiary/aromatic N) is 4. The van der Waals surface area contributed by atoms with Crippen LogP contribution in [0.3, 0.4) is 0 Å². The van der Waals surface area contributed by atoms with Gasteiger partial charge in [-0.25, -0.2) is 14.8 Å². The minimum absolute atomic E-state index is 0.125. The monoisotopic (exact) mass is 436 g/mol. The fourth-order valence-electron chi connectivity index (χ4n) is 3.31. The first kappa shape index (κ1) is 19.2. The summed E-state index contributed by atoms with van der Waals surface area (Å²) in [5.41, 5.74) is -0.683. The number of carbonyl (C=O) groups is 1. The number of rotatable bonds is 1. The zero-order valence-corrected chi connectivity index (χ0v) is 16.3. The molecule has 2 fully saturated rings. The van der Waals surface area contributed by atoms with E-state index in [1.807, 2.05) is 20.8 Å². The number of likely N-dealkylation sites (tertiary alicyclic amines) is 1. The molecule has 0 aromatic carbocycles. The number of carbonyl (C=O) groups excluding carboxylic acids is 1. The van der Waals surface area contributed by atoms with Crippen molar-refractivity contribution in [2.24, 2.45) is 5.41 Å². The van der Waals surface area contributed by atoms with Crippen molar-refractivity contribution in [3.63, 3.8) is 0 Å². The molecule has 2 saturated heterocycles. The largest absolute Gasteiger partial charge is 0.451 e. The van der Waals surface area contributed by atoms with Crippen LogP contribution in [0.25, 0.3) is 0 Å². The maximum atomic E-state index is 12.8. The highest BCUT2D eigenvalue weighted by Crippen LogP contribution is 2.43. The highest BCUT2D eigenvalue weighted by molar-refractivity contribution is 9.10. The molecule has 0 bridgehead atoms. The van der Waals surface area contributed by atoms with Gasteiger partial charge in [0.15, 0.2) is 0 Å². The molecule has 10 heteroatoms. The minimum atomic E-state index is -4.58. The van der Waals surface area contributed by atoms with Crippen molar-refractivity contribution in [1.82, 2.24) is 14.9 Å². The van der Waals surface area contributed by atoms with Crippen LogP contribution in [0.4, 0.5) is 23.8 Å². The molecule has 6 nitrogen and oxygen atoms in total. The smallest absolute Gasteiger partial charge is 0.444 e. The van der Waals surface area contributed by atoms with Crippen LogP contribution >= 0.6 is 15.9 Å². The molecule has 0 unspecified atom stereocenters. The predicted octanol–water partition coefficient (Wildman–Crippen LogP) is 3.71. The van der Waals surface area contributed by atoms with E-state index in [9.17, 15) is 18.0 Å². The van der Waals surface area contributed by atoms with Crippen LogP contribution in [0.2, 0.25) is 0 Å². The van der Waals surface area contributed by atoms with E-state index in [0.29, 0.717) is 30.7 Å². The average Bonchev–Trinajstić information content (AvgIpc) is 2.89. The van der Waals surface area contributed by atoms with Gasteiger partial charge in [0.1, 0.15) is 11.4 Å². The number of halogens is 4. The number of hydrogen-bond donors (Lipinski definition) is 0. The maximum absolute atomic E-state index is 12.8. The molecule has 0 aliphatic carbocycles. The summed E-state index contributed by atoms with van der Waals surface area (Å²) in [6.45, 7) is 7.64. The summed E-state index contributed by atoms with van der Waals surface area (Å²) in [6.07, 6.45) is -3.02. The van der Waals surface area contributed by atoms with Crippen LogP contribution in [0.1, 0.15) is 33.0 Å². The van der Waals surface area contributed by atoms with E-state index in [1.165, 1.54) is 0 Å². The van der Waals surface area contributed by atoms with Crippen molar-refractivity contribution in [3.05, 3.63) is 16.5 Å². The number of aromatic nitrogens is 2. The lowest BCUT2D eigenvalue weighted by molar-refractivity contribution is -0.144. The topological polar surface area (TPSA) is 58.6 Å².